The largest absolute Gasteiger partial charge is 0.444 e. The number of carbonyl (C=O) groups is 1. The van der Waals surface area contributed by atoms with Gasteiger partial charge in [0.2, 0.25) is 0 Å². The number of halogens is 1. The van der Waals surface area contributed by atoms with Crippen LogP contribution in [0.15, 0.2) is 6.33 Å². The molecule has 6 nitrogen and oxygen atoms in total. The number of anilines is 1. The van der Waals surface area contributed by atoms with Gasteiger partial charge in [0, 0.05) is 31.7 Å². The minimum Gasteiger partial charge on any atom is -0.444 e. The van der Waals surface area contributed by atoms with Crippen LogP contribution in [0.25, 0.3) is 0 Å². The van der Waals surface area contributed by atoms with E-state index in [0.717, 1.165) is 11.4 Å². The van der Waals surface area contributed by atoms with E-state index in [1.807, 2.05) is 27.7 Å². The topological polar surface area (TPSA) is 58.6 Å². The molecule has 2 heterocycles. The summed E-state index contributed by atoms with van der Waals surface area (Å²) < 4.78 is 19.5. The van der Waals surface area contributed by atoms with E-state index < -0.39 is 11.8 Å². The molecule has 0 saturated carbocycles. The normalized spacial score (nSPS) is 24.0. The Morgan fingerprint density at radius 1 is 1.25 bits per heavy atom. The summed E-state index contributed by atoms with van der Waals surface area (Å²) in [6.45, 7) is 10.1. The van der Waals surface area contributed by atoms with Gasteiger partial charge in [-0.15, -0.1) is 0 Å². The standard InChI is InChI=1S/C17H25FN4O2/c1-11-9-12(18)14-13(11)15(20-10-19-14)21-5-7-22(8-6-21)16(23)24-17(2,3)4/h10-12H,5-9H2,1-4H3/t11-,12-/m1/s1. The van der Waals surface area contributed by atoms with Crippen molar-refractivity contribution in [2.45, 2.75) is 51.8 Å². The second-order valence-corrected chi connectivity index (χ2v) is 7.55. The van der Waals surface area contributed by atoms with Crippen molar-refractivity contribution in [1.82, 2.24) is 14.9 Å². The third-order valence-corrected chi connectivity index (χ3v) is 4.47. The van der Waals surface area contributed by atoms with Crippen LogP contribution < -0.4 is 4.90 Å². The van der Waals surface area contributed by atoms with Crippen molar-refractivity contribution in [2.24, 2.45) is 0 Å². The van der Waals surface area contributed by atoms with E-state index in [1.165, 1.54) is 6.33 Å². The Labute approximate surface area is 142 Å². The molecule has 0 N–H and O–H groups in total. The van der Waals surface area contributed by atoms with E-state index in [2.05, 4.69) is 14.9 Å². The molecule has 2 atom stereocenters. The van der Waals surface area contributed by atoms with Gasteiger partial charge in [-0.3, -0.25) is 0 Å². The lowest BCUT2D eigenvalue weighted by atomic mass is 10.1. The number of ether oxygens (including phenoxy) is 1. The Morgan fingerprint density at radius 3 is 2.54 bits per heavy atom. The Hall–Kier alpha value is -1.92. The fourth-order valence-corrected chi connectivity index (χ4v) is 3.34. The van der Waals surface area contributed by atoms with E-state index in [-0.39, 0.29) is 12.0 Å². The molecule has 1 amide bonds. The van der Waals surface area contributed by atoms with Crippen LogP contribution in [0.2, 0.25) is 0 Å². The zero-order valence-electron chi connectivity index (χ0n) is 14.8. The van der Waals surface area contributed by atoms with Crippen LogP contribution in [0.4, 0.5) is 15.0 Å². The predicted octanol–water partition coefficient (Wildman–Crippen LogP) is 3.05. The zero-order chi connectivity index (χ0) is 17.5. The SMILES string of the molecule is C[C@@H]1C[C@@H](F)c2ncnc(N3CCN(C(=O)OC(C)(C)C)CC3)c21. The van der Waals surface area contributed by atoms with Gasteiger partial charge in [-0.1, -0.05) is 6.92 Å². The first-order valence-electron chi connectivity index (χ1n) is 8.48. The summed E-state index contributed by atoms with van der Waals surface area (Å²) in [5.41, 5.74) is 0.963. The minimum atomic E-state index is -1.00. The molecule has 7 heteroatoms. The summed E-state index contributed by atoms with van der Waals surface area (Å²) in [6.07, 6.45) is 0.629. The third-order valence-electron chi connectivity index (χ3n) is 4.47. The maximum atomic E-state index is 14.1. The van der Waals surface area contributed by atoms with Crippen LogP contribution in [0.5, 0.6) is 0 Å². The zero-order valence-corrected chi connectivity index (χ0v) is 14.8. The number of aromatic nitrogens is 2. The van der Waals surface area contributed by atoms with Gasteiger partial charge in [0.1, 0.15) is 23.9 Å². The second kappa shape index (κ2) is 6.18. The van der Waals surface area contributed by atoms with Crippen molar-refractivity contribution in [1.29, 1.82) is 0 Å². The number of fused-ring (bicyclic) bond motifs is 1. The molecule has 2 aliphatic rings. The molecule has 1 saturated heterocycles. The van der Waals surface area contributed by atoms with Crippen molar-refractivity contribution in [3.63, 3.8) is 0 Å². The lowest BCUT2D eigenvalue weighted by Crippen LogP contribution is -2.50. The summed E-state index contributed by atoms with van der Waals surface area (Å²) in [6, 6.07) is 0. The van der Waals surface area contributed by atoms with Gasteiger partial charge < -0.3 is 14.5 Å². The number of carbonyl (C=O) groups excluding carboxylic acids is 1. The van der Waals surface area contributed by atoms with E-state index >= 15 is 0 Å². The molecule has 1 aromatic heterocycles. The fourth-order valence-electron chi connectivity index (χ4n) is 3.34. The van der Waals surface area contributed by atoms with Crippen molar-refractivity contribution < 1.29 is 13.9 Å². The van der Waals surface area contributed by atoms with Gasteiger partial charge >= 0.3 is 6.09 Å². The van der Waals surface area contributed by atoms with Crippen LogP contribution in [-0.4, -0.2) is 52.7 Å². The summed E-state index contributed by atoms with van der Waals surface area (Å²) in [4.78, 5) is 24.5. The van der Waals surface area contributed by atoms with Gasteiger partial charge in [0.25, 0.3) is 0 Å². The molecule has 1 aromatic rings. The molecule has 24 heavy (non-hydrogen) atoms. The van der Waals surface area contributed by atoms with Gasteiger partial charge in [0.15, 0.2) is 0 Å². The van der Waals surface area contributed by atoms with Gasteiger partial charge in [-0.05, 0) is 33.1 Å². The molecular weight excluding hydrogens is 311 g/mol. The summed E-state index contributed by atoms with van der Waals surface area (Å²) >= 11 is 0. The second-order valence-electron chi connectivity index (χ2n) is 7.55. The van der Waals surface area contributed by atoms with Crippen molar-refractivity contribution in [2.75, 3.05) is 31.1 Å². The number of nitrogens with zero attached hydrogens (tertiary/aromatic N) is 4. The van der Waals surface area contributed by atoms with Crippen LogP contribution in [0.1, 0.15) is 57.5 Å². The molecule has 0 radical (unpaired) electrons. The first-order chi connectivity index (χ1) is 11.3. The number of alkyl halides is 1. The Balaban J connectivity index is 1.69. The van der Waals surface area contributed by atoms with E-state index in [0.29, 0.717) is 38.3 Å². The van der Waals surface area contributed by atoms with Gasteiger partial charge in [-0.2, -0.15) is 0 Å². The van der Waals surface area contributed by atoms with Crippen LogP contribution in [0, 0.1) is 0 Å². The number of amides is 1. The maximum Gasteiger partial charge on any atom is 0.410 e. The highest BCUT2D eigenvalue weighted by Crippen LogP contribution is 2.44. The van der Waals surface area contributed by atoms with Gasteiger partial charge in [-0.25, -0.2) is 19.2 Å². The van der Waals surface area contributed by atoms with Crippen molar-refractivity contribution >= 4 is 11.9 Å². The van der Waals surface area contributed by atoms with E-state index in [4.69, 9.17) is 4.74 Å². The fraction of sp³-hybridized carbons (Fsp3) is 0.706. The predicted molar refractivity (Wildman–Crippen MR) is 88.9 cm³/mol. The summed E-state index contributed by atoms with van der Waals surface area (Å²) in [5, 5.41) is 0. The number of rotatable bonds is 1. The molecule has 1 fully saturated rings. The highest BCUT2D eigenvalue weighted by atomic mass is 19.1. The molecular formula is C17H25FN4O2. The highest BCUT2D eigenvalue weighted by Gasteiger charge is 2.35. The molecule has 1 aliphatic carbocycles. The summed E-state index contributed by atoms with van der Waals surface area (Å²) in [5.74, 6) is 0.937. The van der Waals surface area contributed by atoms with Crippen LogP contribution in [0.3, 0.4) is 0 Å². The van der Waals surface area contributed by atoms with Crippen molar-refractivity contribution in [3.05, 3.63) is 17.6 Å². The Bertz CT molecular complexity index is 624. The van der Waals surface area contributed by atoms with Crippen molar-refractivity contribution in [3.8, 4) is 0 Å². The van der Waals surface area contributed by atoms with Crippen LogP contribution >= 0.6 is 0 Å². The van der Waals surface area contributed by atoms with Gasteiger partial charge in [0.05, 0.1) is 5.69 Å². The van der Waals surface area contributed by atoms with Crippen LogP contribution in [-0.2, 0) is 4.74 Å². The molecule has 3 rings (SSSR count). The first kappa shape index (κ1) is 16.9. The first-order valence-corrected chi connectivity index (χ1v) is 8.48. The minimum absolute atomic E-state index is 0.120. The lowest BCUT2D eigenvalue weighted by molar-refractivity contribution is 0.0240. The average molecular weight is 336 g/mol. The smallest absolute Gasteiger partial charge is 0.410 e. The molecule has 0 aromatic carbocycles. The number of hydrogen-bond acceptors (Lipinski definition) is 5. The Kier molecular flexibility index (Phi) is 4.36. The molecule has 0 bridgehead atoms. The molecule has 132 valence electrons. The van der Waals surface area contributed by atoms with E-state index in [9.17, 15) is 9.18 Å². The monoisotopic (exact) mass is 336 g/mol. The molecule has 1 aliphatic heterocycles. The average Bonchev–Trinajstić information content (AvgIpc) is 2.81. The highest BCUT2D eigenvalue weighted by molar-refractivity contribution is 5.68. The Morgan fingerprint density at radius 2 is 1.92 bits per heavy atom. The maximum absolute atomic E-state index is 14.1. The number of hydrogen-bond donors (Lipinski definition) is 0. The summed E-state index contributed by atoms with van der Waals surface area (Å²) in [7, 11) is 0. The number of piperazine rings is 1. The molecule has 0 spiro atoms. The van der Waals surface area contributed by atoms with E-state index in [1.54, 1.807) is 4.90 Å². The molecule has 0 unspecified atom stereocenters. The quantitative estimate of drug-likeness (QED) is 0.789. The third kappa shape index (κ3) is 3.30. The lowest BCUT2D eigenvalue weighted by Gasteiger charge is -2.37.